The molecular weight excluding hydrogens is 294 g/mol. The Labute approximate surface area is 132 Å². The molecule has 1 saturated heterocycles. The highest BCUT2D eigenvalue weighted by Gasteiger charge is 2.28. The standard InChI is InChI=1S/C16H17N5O2/c1-10-14(23-9-17-10)16(22)21-6-2-3-12(8-21)13-5-4-11-7-18-20-15(11)19-13/h4-5,7,9,12H,2-3,6,8H2,1H3,(H,18,19,20)/t12-/m0/s1. The van der Waals surface area contributed by atoms with Crippen LogP contribution in [0.3, 0.4) is 0 Å². The summed E-state index contributed by atoms with van der Waals surface area (Å²) in [7, 11) is 0. The maximum atomic E-state index is 12.6. The maximum Gasteiger partial charge on any atom is 0.291 e. The summed E-state index contributed by atoms with van der Waals surface area (Å²) in [6.07, 6.45) is 5.05. The van der Waals surface area contributed by atoms with E-state index in [0.717, 1.165) is 36.1 Å². The van der Waals surface area contributed by atoms with Crippen LogP contribution >= 0.6 is 0 Å². The first kappa shape index (κ1) is 13.9. The molecule has 0 saturated carbocycles. The molecule has 1 atom stereocenters. The number of H-pyrrole nitrogens is 1. The molecule has 23 heavy (non-hydrogen) atoms. The maximum absolute atomic E-state index is 12.6. The Kier molecular flexibility index (Phi) is 3.33. The fourth-order valence-corrected chi connectivity index (χ4v) is 3.12. The van der Waals surface area contributed by atoms with Gasteiger partial charge in [-0.3, -0.25) is 9.89 Å². The number of piperidine rings is 1. The van der Waals surface area contributed by atoms with Gasteiger partial charge < -0.3 is 9.32 Å². The molecule has 4 heterocycles. The van der Waals surface area contributed by atoms with Gasteiger partial charge >= 0.3 is 0 Å². The van der Waals surface area contributed by atoms with E-state index < -0.39 is 0 Å². The van der Waals surface area contributed by atoms with Crippen LogP contribution in [0.2, 0.25) is 0 Å². The van der Waals surface area contributed by atoms with Crippen LogP contribution in [0.1, 0.15) is 40.7 Å². The van der Waals surface area contributed by atoms with Crippen LogP contribution in [0.5, 0.6) is 0 Å². The number of rotatable bonds is 2. The van der Waals surface area contributed by atoms with Crippen molar-refractivity contribution in [3.63, 3.8) is 0 Å². The number of likely N-dealkylation sites (tertiary alicyclic amines) is 1. The largest absolute Gasteiger partial charge is 0.438 e. The summed E-state index contributed by atoms with van der Waals surface area (Å²) in [5.74, 6) is 0.471. The molecule has 7 nitrogen and oxygen atoms in total. The van der Waals surface area contributed by atoms with Crippen LogP contribution < -0.4 is 0 Å². The van der Waals surface area contributed by atoms with Crippen LogP contribution in [0.25, 0.3) is 11.0 Å². The minimum absolute atomic E-state index is 0.0904. The molecule has 3 aromatic rings. The Morgan fingerprint density at radius 3 is 3.17 bits per heavy atom. The number of amides is 1. The van der Waals surface area contributed by atoms with E-state index in [2.05, 4.69) is 20.2 Å². The Morgan fingerprint density at radius 1 is 1.43 bits per heavy atom. The van der Waals surface area contributed by atoms with E-state index in [4.69, 9.17) is 4.42 Å². The monoisotopic (exact) mass is 311 g/mol. The first-order valence-electron chi connectivity index (χ1n) is 7.72. The van der Waals surface area contributed by atoms with Gasteiger partial charge in [0.15, 0.2) is 12.0 Å². The number of nitrogens with zero attached hydrogens (tertiary/aromatic N) is 4. The van der Waals surface area contributed by atoms with Crippen LogP contribution in [-0.4, -0.2) is 44.1 Å². The number of aromatic nitrogens is 4. The smallest absolute Gasteiger partial charge is 0.291 e. The zero-order valence-electron chi connectivity index (χ0n) is 12.8. The number of hydrogen-bond acceptors (Lipinski definition) is 5. The van der Waals surface area contributed by atoms with E-state index in [-0.39, 0.29) is 11.8 Å². The highest BCUT2D eigenvalue weighted by atomic mass is 16.3. The number of pyridine rings is 1. The zero-order valence-corrected chi connectivity index (χ0v) is 12.8. The Morgan fingerprint density at radius 2 is 2.35 bits per heavy atom. The van der Waals surface area contributed by atoms with Crippen molar-refractivity contribution in [3.8, 4) is 0 Å². The second-order valence-corrected chi connectivity index (χ2v) is 5.90. The molecule has 1 aliphatic heterocycles. The zero-order chi connectivity index (χ0) is 15.8. The highest BCUT2D eigenvalue weighted by molar-refractivity contribution is 5.92. The number of fused-ring (bicyclic) bond motifs is 1. The molecular formula is C16H17N5O2. The van der Waals surface area contributed by atoms with Gasteiger partial charge in [-0.1, -0.05) is 0 Å². The van der Waals surface area contributed by atoms with Gasteiger partial charge in [0.25, 0.3) is 5.91 Å². The third kappa shape index (κ3) is 2.48. The second-order valence-electron chi connectivity index (χ2n) is 5.90. The lowest BCUT2D eigenvalue weighted by molar-refractivity contribution is 0.0672. The summed E-state index contributed by atoms with van der Waals surface area (Å²) in [6, 6.07) is 4.04. The Bertz CT molecular complexity index is 853. The van der Waals surface area contributed by atoms with Crippen LogP contribution in [0.15, 0.2) is 29.1 Å². The average Bonchev–Trinajstić information content (AvgIpc) is 3.22. The van der Waals surface area contributed by atoms with Crippen molar-refractivity contribution in [1.29, 1.82) is 0 Å². The van der Waals surface area contributed by atoms with Gasteiger partial charge in [-0.15, -0.1) is 0 Å². The summed E-state index contributed by atoms with van der Waals surface area (Å²) < 4.78 is 5.24. The summed E-state index contributed by atoms with van der Waals surface area (Å²) >= 11 is 0. The summed E-state index contributed by atoms with van der Waals surface area (Å²) in [5.41, 5.74) is 2.42. The van der Waals surface area contributed by atoms with Crippen molar-refractivity contribution in [1.82, 2.24) is 25.1 Å². The minimum Gasteiger partial charge on any atom is -0.438 e. The van der Waals surface area contributed by atoms with Crippen molar-refractivity contribution in [2.75, 3.05) is 13.1 Å². The lowest BCUT2D eigenvalue weighted by atomic mass is 9.94. The number of nitrogens with one attached hydrogen (secondary N) is 1. The fraction of sp³-hybridized carbons (Fsp3) is 0.375. The third-order valence-electron chi connectivity index (χ3n) is 4.39. The Hall–Kier alpha value is -2.70. The molecule has 7 heteroatoms. The number of oxazole rings is 1. The van der Waals surface area contributed by atoms with E-state index in [1.165, 1.54) is 6.39 Å². The quantitative estimate of drug-likeness (QED) is 0.784. The topological polar surface area (TPSA) is 87.9 Å². The van der Waals surface area contributed by atoms with E-state index >= 15 is 0 Å². The normalized spacial score (nSPS) is 18.5. The molecule has 0 bridgehead atoms. The lowest BCUT2D eigenvalue weighted by Crippen LogP contribution is -2.39. The van der Waals surface area contributed by atoms with Crippen molar-refractivity contribution < 1.29 is 9.21 Å². The molecule has 3 aromatic heterocycles. The molecule has 1 fully saturated rings. The molecule has 118 valence electrons. The van der Waals surface area contributed by atoms with Crippen molar-refractivity contribution >= 4 is 16.9 Å². The molecule has 4 rings (SSSR count). The number of carbonyl (C=O) groups excluding carboxylic acids is 1. The predicted octanol–water partition coefficient (Wildman–Crippen LogP) is 2.27. The molecule has 0 aliphatic carbocycles. The van der Waals surface area contributed by atoms with E-state index in [9.17, 15) is 4.79 Å². The molecule has 1 N–H and O–H groups in total. The first-order valence-corrected chi connectivity index (χ1v) is 7.72. The number of carbonyl (C=O) groups is 1. The number of aryl methyl sites for hydroxylation is 1. The minimum atomic E-state index is -0.0904. The van der Waals surface area contributed by atoms with Gasteiger partial charge in [0.1, 0.15) is 0 Å². The van der Waals surface area contributed by atoms with Crippen LogP contribution in [-0.2, 0) is 0 Å². The van der Waals surface area contributed by atoms with E-state index in [1.807, 2.05) is 17.0 Å². The molecule has 1 amide bonds. The van der Waals surface area contributed by atoms with Crippen molar-refractivity contribution in [3.05, 3.63) is 41.9 Å². The SMILES string of the molecule is Cc1ncoc1C(=O)N1CCC[C@H](c2ccc3cn[nH]c3n2)C1. The number of hydrogen-bond donors (Lipinski definition) is 1. The van der Waals surface area contributed by atoms with Crippen molar-refractivity contribution in [2.24, 2.45) is 0 Å². The van der Waals surface area contributed by atoms with Gasteiger partial charge in [0, 0.05) is 30.1 Å². The fourth-order valence-electron chi connectivity index (χ4n) is 3.12. The third-order valence-corrected chi connectivity index (χ3v) is 4.39. The average molecular weight is 311 g/mol. The molecule has 0 unspecified atom stereocenters. The second kappa shape index (κ2) is 5.49. The Balaban J connectivity index is 1.56. The van der Waals surface area contributed by atoms with Gasteiger partial charge in [-0.25, -0.2) is 9.97 Å². The summed E-state index contributed by atoms with van der Waals surface area (Å²) in [4.78, 5) is 23.1. The van der Waals surface area contributed by atoms with E-state index in [1.54, 1.807) is 13.1 Å². The van der Waals surface area contributed by atoms with Gasteiger partial charge in [0.2, 0.25) is 5.76 Å². The van der Waals surface area contributed by atoms with Gasteiger partial charge in [0.05, 0.1) is 11.9 Å². The van der Waals surface area contributed by atoms with Gasteiger partial charge in [-0.2, -0.15) is 5.10 Å². The first-order chi connectivity index (χ1) is 11.2. The summed E-state index contributed by atoms with van der Waals surface area (Å²) in [6.45, 7) is 3.17. The van der Waals surface area contributed by atoms with E-state index in [0.29, 0.717) is 18.0 Å². The van der Waals surface area contributed by atoms with Crippen molar-refractivity contribution in [2.45, 2.75) is 25.7 Å². The highest BCUT2D eigenvalue weighted by Crippen LogP contribution is 2.27. The number of aromatic amines is 1. The van der Waals surface area contributed by atoms with Gasteiger partial charge in [-0.05, 0) is 31.9 Å². The molecule has 1 aliphatic rings. The molecule has 0 radical (unpaired) electrons. The van der Waals surface area contributed by atoms with Crippen LogP contribution in [0, 0.1) is 6.92 Å². The molecule has 0 aromatic carbocycles. The molecule has 0 spiro atoms. The summed E-state index contributed by atoms with van der Waals surface area (Å²) in [5, 5.41) is 7.90. The predicted molar refractivity (Wildman–Crippen MR) is 83.0 cm³/mol. The lowest BCUT2D eigenvalue weighted by Gasteiger charge is -2.32. The van der Waals surface area contributed by atoms with Crippen LogP contribution in [0.4, 0.5) is 0 Å².